The zero-order chi connectivity index (χ0) is 20.7. The number of rotatable bonds is 22. The van der Waals surface area contributed by atoms with E-state index in [0.29, 0.717) is 12.8 Å². The molecule has 0 spiro atoms. The number of amides is 1. The van der Waals surface area contributed by atoms with Gasteiger partial charge in [0, 0.05) is 13.0 Å². The molecule has 4 nitrogen and oxygen atoms in total. The first-order chi connectivity index (χ1) is 13.7. The van der Waals surface area contributed by atoms with Crippen molar-refractivity contribution in [1.29, 1.82) is 0 Å². The summed E-state index contributed by atoms with van der Waals surface area (Å²) in [7, 11) is 0. The van der Waals surface area contributed by atoms with E-state index in [1.807, 2.05) is 0 Å². The standard InChI is InChI=1S/C24H49NO3/c1-2-3-4-5-6-7-8-9-10-11-12-13-14-15-16-17-18-22-25-23(26)20-19-21-24(27)28/h24,27-28H,2-22H2,1H3,(H,25,26). The molecule has 3 N–H and O–H groups in total. The summed E-state index contributed by atoms with van der Waals surface area (Å²) in [5.74, 6) is 0.0251. The van der Waals surface area contributed by atoms with Gasteiger partial charge in [0.1, 0.15) is 0 Å². The highest BCUT2D eigenvalue weighted by Crippen LogP contribution is 2.13. The zero-order valence-corrected chi connectivity index (χ0v) is 18.7. The number of unbranched alkanes of at least 4 members (excludes halogenated alkanes) is 16. The number of carbonyl (C=O) groups is 1. The topological polar surface area (TPSA) is 69.6 Å². The van der Waals surface area contributed by atoms with E-state index in [9.17, 15) is 4.79 Å². The molecule has 0 bridgehead atoms. The van der Waals surface area contributed by atoms with Gasteiger partial charge in [0.05, 0.1) is 0 Å². The predicted molar refractivity (Wildman–Crippen MR) is 119 cm³/mol. The van der Waals surface area contributed by atoms with Crippen LogP contribution in [0.4, 0.5) is 0 Å². The van der Waals surface area contributed by atoms with Crippen LogP contribution in [0.2, 0.25) is 0 Å². The smallest absolute Gasteiger partial charge is 0.219 e. The highest BCUT2D eigenvalue weighted by Gasteiger charge is 2.03. The fraction of sp³-hybridized carbons (Fsp3) is 0.958. The van der Waals surface area contributed by atoms with E-state index in [-0.39, 0.29) is 12.3 Å². The Hall–Kier alpha value is -0.610. The maximum atomic E-state index is 11.5. The van der Waals surface area contributed by atoms with Crippen LogP contribution in [0.25, 0.3) is 0 Å². The Morgan fingerprint density at radius 3 is 1.43 bits per heavy atom. The van der Waals surface area contributed by atoms with Gasteiger partial charge in [-0.3, -0.25) is 4.79 Å². The number of hydrogen-bond donors (Lipinski definition) is 3. The lowest BCUT2D eigenvalue weighted by molar-refractivity contribution is -0.121. The van der Waals surface area contributed by atoms with E-state index in [1.165, 1.54) is 103 Å². The van der Waals surface area contributed by atoms with Crippen molar-refractivity contribution in [3.63, 3.8) is 0 Å². The van der Waals surface area contributed by atoms with Crippen LogP contribution < -0.4 is 5.32 Å². The molecule has 0 heterocycles. The van der Waals surface area contributed by atoms with Crippen LogP contribution in [-0.4, -0.2) is 29.0 Å². The molecule has 0 aliphatic carbocycles. The third-order valence-electron chi connectivity index (χ3n) is 5.47. The summed E-state index contributed by atoms with van der Waals surface area (Å²) >= 11 is 0. The molecule has 0 aliphatic heterocycles. The third-order valence-corrected chi connectivity index (χ3v) is 5.47. The Kier molecular flexibility index (Phi) is 22.2. The first-order valence-corrected chi connectivity index (χ1v) is 12.3. The SMILES string of the molecule is CCCCCCCCCCCCCCCCCCCNC(=O)CCCC(O)O. The molecule has 0 saturated carbocycles. The van der Waals surface area contributed by atoms with Crippen LogP contribution in [-0.2, 0) is 4.79 Å². The molecule has 0 unspecified atom stereocenters. The van der Waals surface area contributed by atoms with Crippen molar-refractivity contribution >= 4 is 5.91 Å². The second-order valence-corrected chi connectivity index (χ2v) is 8.38. The van der Waals surface area contributed by atoms with Gasteiger partial charge in [-0.2, -0.15) is 0 Å². The summed E-state index contributed by atoms with van der Waals surface area (Å²) in [6.07, 6.45) is 23.1. The van der Waals surface area contributed by atoms with Crippen molar-refractivity contribution in [3.05, 3.63) is 0 Å². The molecule has 28 heavy (non-hydrogen) atoms. The van der Waals surface area contributed by atoms with Gasteiger partial charge in [0.2, 0.25) is 5.91 Å². The van der Waals surface area contributed by atoms with Crippen LogP contribution in [0.3, 0.4) is 0 Å². The minimum atomic E-state index is -1.29. The predicted octanol–water partition coefficient (Wildman–Crippen LogP) is 6.24. The molecule has 4 heteroatoms. The third kappa shape index (κ3) is 23.4. The maximum absolute atomic E-state index is 11.5. The molecule has 168 valence electrons. The Morgan fingerprint density at radius 2 is 1.04 bits per heavy atom. The molecular weight excluding hydrogens is 350 g/mol. The van der Waals surface area contributed by atoms with E-state index in [0.717, 1.165) is 13.0 Å². The van der Waals surface area contributed by atoms with E-state index in [2.05, 4.69) is 12.2 Å². The number of nitrogens with one attached hydrogen (secondary N) is 1. The quantitative estimate of drug-likeness (QED) is 0.149. The molecule has 1 amide bonds. The second-order valence-electron chi connectivity index (χ2n) is 8.38. The number of aliphatic hydroxyl groups is 2. The summed E-state index contributed by atoms with van der Waals surface area (Å²) < 4.78 is 0. The monoisotopic (exact) mass is 399 g/mol. The lowest BCUT2D eigenvalue weighted by Crippen LogP contribution is -2.24. The van der Waals surface area contributed by atoms with Crippen LogP contribution in [0.15, 0.2) is 0 Å². The average molecular weight is 400 g/mol. The minimum absolute atomic E-state index is 0.0251. The maximum Gasteiger partial charge on any atom is 0.219 e. The van der Waals surface area contributed by atoms with Gasteiger partial charge in [-0.15, -0.1) is 0 Å². The normalized spacial score (nSPS) is 11.3. The van der Waals surface area contributed by atoms with Crippen molar-refractivity contribution < 1.29 is 15.0 Å². The molecule has 0 rings (SSSR count). The molecular formula is C24H49NO3. The van der Waals surface area contributed by atoms with Crippen LogP contribution in [0, 0.1) is 0 Å². The van der Waals surface area contributed by atoms with E-state index in [1.54, 1.807) is 0 Å². The van der Waals surface area contributed by atoms with Gasteiger partial charge in [0.15, 0.2) is 6.29 Å². The van der Waals surface area contributed by atoms with Gasteiger partial charge < -0.3 is 15.5 Å². The van der Waals surface area contributed by atoms with E-state index in [4.69, 9.17) is 10.2 Å². The van der Waals surface area contributed by atoms with Crippen LogP contribution in [0.1, 0.15) is 135 Å². The summed E-state index contributed by atoms with van der Waals surface area (Å²) in [6.45, 7) is 3.03. The number of carbonyl (C=O) groups excluding carboxylic acids is 1. The fourth-order valence-corrected chi connectivity index (χ4v) is 3.61. The highest BCUT2D eigenvalue weighted by atomic mass is 16.5. The fourth-order valence-electron chi connectivity index (χ4n) is 3.61. The molecule has 0 aliphatic rings. The van der Waals surface area contributed by atoms with E-state index >= 15 is 0 Å². The molecule has 0 aromatic carbocycles. The van der Waals surface area contributed by atoms with Crippen molar-refractivity contribution in [3.8, 4) is 0 Å². The number of aliphatic hydroxyl groups excluding tert-OH is 1. The van der Waals surface area contributed by atoms with E-state index < -0.39 is 6.29 Å². The van der Waals surface area contributed by atoms with Gasteiger partial charge >= 0.3 is 0 Å². The first kappa shape index (κ1) is 27.4. The molecule has 0 atom stereocenters. The summed E-state index contributed by atoms with van der Waals surface area (Å²) in [5, 5.41) is 20.4. The Balaban J connectivity index is 3.09. The van der Waals surface area contributed by atoms with Crippen LogP contribution in [0.5, 0.6) is 0 Å². The molecule has 0 radical (unpaired) electrons. The largest absolute Gasteiger partial charge is 0.368 e. The number of hydrogen-bond acceptors (Lipinski definition) is 3. The van der Waals surface area contributed by atoms with Gasteiger partial charge in [-0.05, 0) is 19.3 Å². The molecule has 0 aromatic heterocycles. The van der Waals surface area contributed by atoms with Crippen molar-refractivity contribution in [2.24, 2.45) is 0 Å². The van der Waals surface area contributed by atoms with Crippen LogP contribution >= 0.6 is 0 Å². The lowest BCUT2D eigenvalue weighted by atomic mass is 10.0. The molecule has 0 saturated heterocycles. The summed E-state index contributed by atoms with van der Waals surface area (Å²) in [5.41, 5.74) is 0. The molecule has 0 fully saturated rings. The van der Waals surface area contributed by atoms with Crippen molar-refractivity contribution in [2.45, 2.75) is 142 Å². The second kappa shape index (κ2) is 22.7. The van der Waals surface area contributed by atoms with Gasteiger partial charge in [-0.1, -0.05) is 110 Å². The summed E-state index contributed by atoms with van der Waals surface area (Å²) in [6, 6.07) is 0. The Labute approximate surface area is 174 Å². The molecule has 0 aromatic rings. The highest BCUT2D eigenvalue weighted by molar-refractivity contribution is 5.75. The van der Waals surface area contributed by atoms with Gasteiger partial charge in [-0.25, -0.2) is 0 Å². The van der Waals surface area contributed by atoms with Gasteiger partial charge in [0.25, 0.3) is 0 Å². The average Bonchev–Trinajstić information content (AvgIpc) is 2.66. The first-order valence-electron chi connectivity index (χ1n) is 12.3. The minimum Gasteiger partial charge on any atom is -0.368 e. The Bertz CT molecular complexity index is 321. The zero-order valence-electron chi connectivity index (χ0n) is 18.7. The lowest BCUT2D eigenvalue weighted by Gasteiger charge is -2.06. The summed E-state index contributed by atoms with van der Waals surface area (Å²) in [4.78, 5) is 11.5. The van der Waals surface area contributed by atoms with Crippen molar-refractivity contribution in [2.75, 3.05) is 6.54 Å². The Morgan fingerprint density at radius 1 is 0.643 bits per heavy atom. The van der Waals surface area contributed by atoms with Crippen molar-refractivity contribution in [1.82, 2.24) is 5.32 Å².